The van der Waals surface area contributed by atoms with Gasteiger partial charge in [-0.25, -0.2) is 8.42 Å². The average molecular weight is 264 g/mol. The zero-order valence-electron chi connectivity index (χ0n) is 9.60. The van der Waals surface area contributed by atoms with Crippen LogP contribution >= 0.6 is 0 Å². The summed E-state index contributed by atoms with van der Waals surface area (Å²) < 4.78 is 25.6. The van der Waals surface area contributed by atoms with Gasteiger partial charge in [-0.1, -0.05) is 23.3 Å². The Labute approximate surface area is 105 Å². The van der Waals surface area contributed by atoms with Gasteiger partial charge in [0.25, 0.3) is 5.16 Å². The number of rotatable bonds is 4. The highest BCUT2D eigenvalue weighted by Gasteiger charge is 2.32. The molecule has 0 spiro atoms. The second-order valence-electron chi connectivity index (χ2n) is 4.43. The predicted octanol–water partition coefficient (Wildman–Crippen LogP) is 0.846. The first-order valence-corrected chi connectivity index (χ1v) is 7.38. The van der Waals surface area contributed by atoms with Gasteiger partial charge < -0.3 is 0 Å². The molecule has 0 unspecified atom stereocenters. The molecule has 0 atom stereocenters. The molecule has 18 heavy (non-hydrogen) atoms. The van der Waals surface area contributed by atoms with Crippen molar-refractivity contribution >= 4 is 9.84 Å². The number of nitrogens with zero attached hydrogens (tertiary/aromatic N) is 4. The Balaban J connectivity index is 2.01. The van der Waals surface area contributed by atoms with E-state index in [1.165, 1.54) is 4.68 Å². The van der Waals surface area contributed by atoms with E-state index in [4.69, 9.17) is 0 Å². The van der Waals surface area contributed by atoms with Crippen molar-refractivity contribution in [1.82, 2.24) is 20.2 Å². The number of hydrogen-bond donors (Lipinski definition) is 0. The molecule has 1 heterocycles. The van der Waals surface area contributed by atoms with Crippen molar-refractivity contribution in [2.24, 2.45) is 5.92 Å². The summed E-state index contributed by atoms with van der Waals surface area (Å²) in [7, 11) is -3.41. The van der Waals surface area contributed by atoms with Gasteiger partial charge in [-0.3, -0.25) is 0 Å². The molecule has 0 amide bonds. The van der Waals surface area contributed by atoms with Crippen LogP contribution in [-0.2, 0) is 9.84 Å². The van der Waals surface area contributed by atoms with Crippen molar-refractivity contribution in [2.45, 2.75) is 18.0 Å². The molecule has 1 fully saturated rings. The van der Waals surface area contributed by atoms with Gasteiger partial charge in [-0.2, -0.15) is 4.68 Å². The number of para-hydroxylation sites is 1. The van der Waals surface area contributed by atoms with E-state index < -0.39 is 9.84 Å². The summed E-state index contributed by atoms with van der Waals surface area (Å²) in [6.07, 6.45) is 1.96. The number of benzene rings is 1. The summed E-state index contributed by atoms with van der Waals surface area (Å²) in [4.78, 5) is 0. The third-order valence-corrected chi connectivity index (χ3v) is 4.59. The maximum Gasteiger partial charge on any atom is 0.272 e. The second-order valence-corrected chi connectivity index (χ2v) is 6.36. The van der Waals surface area contributed by atoms with Crippen LogP contribution in [0.15, 0.2) is 35.5 Å². The minimum absolute atomic E-state index is 0.0689. The molecule has 1 aromatic heterocycles. The molecule has 3 rings (SSSR count). The van der Waals surface area contributed by atoms with E-state index in [2.05, 4.69) is 15.5 Å². The molecule has 2 aromatic rings. The Hall–Kier alpha value is -1.76. The van der Waals surface area contributed by atoms with Gasteiger partial charge >= 0.3 is 0 Å². The maximum atomic E-state index is 12.2. The van der Waals surface area contributed by atoms with Gasteiger partial charge in [-0.15, -0.1) is 0 Å². The lowest BCUT2D eigenvalue weighted by atomic mass is 10.3. The van der Waals surface area contributed by atoms with Crippen molar-refractivity contribution in [1.29, 1.82) is 0 Å². The minimum Gasteiger partial charge on any atom is -0.220 e. The van der Waals surface area contributed by atoms with Gasteiger partial charge in [0.1, 0.15) is 0 Å². The molecule has 1 aliphatic rings. The maximum absolute atomic E-state index is 12.2. The lowest BCUT2D eigenvalue weighted by Crippen LogP contribution is -2.15. The van der Waals surface area contributed by atoms with E-state index in [1.807, 2.05) is 18.2 Å². The molecule has 0 radical (unpaired) electrons. The quantitative estimate of drug-likeness (QED) is 0.818. The molecular weight excluding hydrogens is 252 g/mol. The first-order chi connectivity index (χ1) is 8.67. The standard InChI is InChI=1S/C11H12N4O2S/c16-18(17,8-9-6-7-9)11-12-13-14-15(11)10-4-2-1-3-5-10/h1-5,9H,6-8H2. The summed E-state index contributed by atoms with van der Waals surface area (Å²) in [6, 6.07) is 9.02. The first-order valence-electron chi connectivity index (χ1n) is 5.73. The van der Waals surface area contributed by atoms with Crippen LogP contribution in [0.5, 0.6) is 0 Å². The SMILES string of the molecule is O=S(=O)(CC1CC1)c1nnnn1-c1ccccc1. The van der Waals surface area contributed by atoms with Crippen LogP contribution in [-0.4, -0.2) is 34.4 Å². The Kier molecular flexibility index (Phi) is 2.62. The van der Waals surface area contributed by atoms with E-state index in [-0.39, 0.29) is 16.8 Å². The van der Waals surface area contributed by atoms with Crippen molar-refractivity contribution in [3.63, 3.8) is 0 Å². The number of sulfone groups is 1. The number of aromatic nitrogens is 4. The van der Waals surface area contributed by atoms with Crippen LogP contribution in [0.2, 0.25) is 0 Å². The van der Waals surface area contributed by atoms with Crippen LogP contribution in [0.4, 0.5) is 0 Å². The average Bonchev–Trinajstić information content (AvgIpc) is 3.01. The summed E-state index contributed by atoms with van der Waals surface area (Å²) in [5.74, 6) is 0.413. The van der Waals surface area contributed by atoms with E-state index in [0.29, 0.717) is 5.69 Å². The topological polar surface area (TPSA) is 77.7 Å². The zero-order chi connectivity index (χ0) is 12.6. The van der Waals surface area contributed by atoms with E-state index in [1.54, 1.807) is 12.1 Å². The highest BCUT2D eigenvalue weighted by molar-refractivity contribution is 7.91. The van der Waals surface area contributed by atoms with Crippen molar-refractivity contribution in [3.05, 3.63) is 30.3 Å². The summed E-state index contributed by atoms with van der Waals surface area (Å²) in [6.45, 7) is 0. The fourth-order valence-electron chi connectivity index (χ4n) is 1.77. The Bertz CT molecular complexity index is 647. The molecule has 1 aromatic carbocycles. The Morgan fingerprint density at radius 3 is 2.61 bits per heavy atom. The van der Waals surface area contributed by atoms with Gasteiger partial charge in [0.05, 0.1) is 11.4 Å². The molecule has 94 valence electrons. The molecule has 7 heteroatoms. The molecule has 1 saturated carbocycles. The first kappa shape index (κ1) is 11.3. The van der Waals surface area contributed by atoms with E-state index in [0.717, 1.165) is 12.8 Å². The Morgan fingerprint density at radius 2 is 1.94 bits per heavy atom. The molecule has 1 aliphatic carbocycles. The summed E-state index contributed by atoms with van der Waals surface area (Å²) in [5.41, 5.74) is 0.650. The lowest BCUT2D eigenvalue weighted by Gasteiger charge is -2.04. The van der Waals surface area contributed by atoms with Gasteiger partial charge in [-0.05, 0) is 41.3 Å². The normalized spacial score (nSPS) is 15.8. The molecule has 6 nitrogen and oxygen atoms in total. The highest BCUT2D eigenvalue weighted by Crippen LogP contribution is 2.31. The van der Waals surface area contributed by atoms with Crippen LogP contribution in [0.25, 0.3) is 5.69 Å². The van der Waals surface area contributed by atoms with Crippen molar-refractivity contribution in [2.75, 3.05) is 5.75 Å². The van der Waals surface area contributed by atoms with Gasteiger partial charge in [0.2, 0.25) is 9.84 Å². The highest BCUT2D eigenvalue weighted by atomic mass is 32.2. The molecule has 0 saturated heterocycles. The van der Waals surface area contributed by atoms with Gasteiger partial charge in [0, 0.05) is 0 Å². The van der Waals surface area contributed by atoms with Crippen LogP contribution < -0.4 is 0 Å². The fraction of sp³-hybridized carbons (Fsp3) is 0.364. The lowest BCUT2D eigenvalue weighted by molar-refractivity contribution is 0.576. The zero-order valence-corrected chi connectivity index (χ0v) is 10.4. The monoisotopic (exact) mass is 264 g/mol. The Morgan fingerprint density at radius 1 is 1.22 bits per heavy atom. The predicted molar refractivity (Wildman–Crippen MR) is 63.9 cm³/mol. The molecular formula is C11H12N4O2S. The minimum atomic E-state index is -3.41. The largest absolute Gasteiger partial charge is 0.272 e. The van der Waals surface area contributed by atoms with Crippen LogP contribution in [0, 0.1) is 5.92 Å². The molecule has 0 aliphatic heterocycles. The van der Waals surface area contributed by atoms with Gasteiger partial charge in [0.15, 0.2) is 0 Å². The van der Waals surface area contributed by atoms with Crippen LogP contribution in [0.1, 0.15) is 12.8 Å². The molecule has 0 bridgehead atoms. The third-order valence-electron chi connectivity index (χ3n) is 2.87. The van der Waals surface area contributed by atoms with Crippen molar-refractivity contribution < 1.29 is 8.42 Å². The van der Waals surface area contributed by atoms with Crippen LogP contribution in [0.3, 0.4) is 0 Å². The smallest absolute Gasteiger partial charge is 0.220 e. The summed E-state index contributed by atoms with van der Waals surface area (Å²) >= 11 is 0. The summed E-state index contributed by atoms with van der Waals surface area (Å²) in [5, 5.41) is 10.8. The van der Waals surface area contributed by atoms with E-state index >= 15 is 0 Å². The third kappa shape index (κ3) is 2.13. The van der Waals surface area contributed by atoms with E-state index in [9.17, 15) is 8.42 Å². The fourth-order valence-corrected chi connectivity index (χ4v) is 3.44. The molecule has 0 N–H and O–H groups in total. The van der Waals surface area contributed by atoms with Crippen molar-refractivity contribution in [3.8, 4) is 5.69 Å². The number of hydrogen-bond acceptors (Lipinski definition) is 5. The number of tetrazole rings is 1. The second kappa shape index (κ2) is 4.16.